The van der Waals surface area contributed by atoms with Crippen molar-refractivity contribution >= 4 is 40.1 Å². The van der Waals surface area contributed by atoms with Gasteiger partial charge in [-0.05, 0) is 46.9 Å². The first-order valence-corrected chi connectivity index (χ1v) is 9.05. The molecule has 0 bridgehead atoms. The van der Waals surface area contributed by atoms with E-state index in [1.165, 1.54) is 12.4 Å². The summed E-state index contributed by atoms with van der Waals surface area (Å²) < 4.78 is 0.809. The molecule has 0 aliphatic carbocycles. The molecule has 0 saturated carbocycles. The Bertz CT molecular complexity index is 977. The molecule has 8 heteroatoms. The highest BCUT2D eigenvalue weighted by Gasteiger charge is 2.11. The van der Waals surface area contributed by atoms with E-state index < -0.39 is 0 Å². The zero-order chi connectivity index (χ0) is 19.2. The zero-order valence-corrected chi connectivity index (χ0v) is 16.2. The smallest absolute Gasteiger partial charge is 0.252 e. The molecule has 0 aliphatic heterocycles. The predicted octanol–water partition coefficient (Wildman–Crippen LogP) is 2.82. The van der Waals surface area contributed by atoms with Crippen LogP contribution in [0.1, 0.15) is 10.4 Å². The van der Waals surface area contributed by atoms with E-state index in [0.29, 0.717) is 22.6 Å². The largest absolute Gasteiger partial charge is 0.508 e. The highest BCUT2D eigenvalue weighted by atomic mass is 127. The maximum atomic E-state index is 12.1. The first-order chi connectivity index (χ1) is 13.0. The van der Waals surface area contributed by atoms with Gasteiger partial charge in [0.15, 0.2) is 5.82 Å². The summed E-state index contributed by atoms with van der Waals surface area (Å²) in [6, 6.07) is 13.7. The fourth-order valence-electron chi connectivity index (χ4n) is 2.29. The molecule has 2 amide bonds. The second-order valence-corrected chi connectivity index (χ2v) is 6.72. The third-order valence-electron chi connectivity index (χ3n) is 3.57. The number of aromatic hydroxyl groups is 1. The summed E-state index contributed by atoms with van der Waals surface area (Å²) in [4.78, 5) is 32.5. The van der Waals surface area contributed by atoms with Gasteiger partial charge < -0.3 is 15.7 Å². The van der Waals surface area contributed by atoms with Crippen molar-refractivity contribution in [3.05, 3.63) is 70.1 Å². The van der Waals surface area contributed by atoms with Crippen molar-refractivity contribution in [2.24, 2.45) is 0 Å². The SMILES string of the molecule is O=C(CNC(=O)c1ccccc1I)Nc1cnc(-c2cccc(O)c2)nc1. The summed E-state index contributed by atoms with van der Waals surface area (Å²) in [7, 11) is 0. The van der Waals surface area contributed by atoms with Crippen LogP contribution in [0.3, 0.4) is 0 Å². The maximum absolute atomic E-state index is 12.1. The van der Waals surface area contributed by atoms with Gasteiger partial charge in [0.25, 0.3) is 5.91 Å². The number of nitrogens with zero attached hydrogens (tertiary/aromatic N) is 2. The number of hydrogen-bond acceptors (Lipinski definition) is 5. The lowest BCUT2D eigenvalue weighted by Crippen LogP contribution is -2.33. The molecule has 0 radical (unpaired) electrons. The first-order valence-electron chi connectivity index (χ1n) is 7.97. The number of anilines is 1. The van der Waals surface area contributed by atoms with Crippen molar-refractivity contribution in [2.75, 3.05) is 11.9 Å². The Morgan fingerprint density at radius 3 is 2.48 bits per heavy atom. The van der Waals surface area contributed by atoms with Crippen molar-refractivity contribution in [3.63, 3.8) is 0 Å². The minimum Gasteiger partial charge on any atom is -0.508 e. The van der Waals surface area contributed by atoms with Crippen LogP contribution in [0.2, 0.25) is 0 Å². The number of carbonyl (C=O) groups excluding carboxylic acids is 2. The van der Waals surface area contributed by atoms with E-state index in [9.17, 15) is 14.7 Å². The number of halogens is 1. The third kappa shape index (κ3) is 5.00. The Morgan fingerprint density at radius 1 is 1.04 bits per heavy atom. The molecule has 0 fully saturated rings. The van der Waals surface area contributed by atoms with Gasteiger partial charge in [0.1, 0.15) is 5.75 Å². The van der Waals surface area contributed by atoms with Gasteiger partial charge in [-0.1, -0.05) is 24.3 Å². The lowest BCUT2D eigenvalue weighted by Gasteiger charge is -2.08. The third-order valence-corrected chi connectivity index (χ3v) is 4.51. The molecule has 27 heavy (non-hydrogen) atoms. The van der Waals surface area contributed by atoms with Gasteiger partial charge in [-0.3, -0.25) is 9.59 Å². The monoisotopic (exact) mass is 474 g/mol. The molecule has 1 aromatic heterocycles. The molecule has 0 atom stereocenters. The Hall–Kier alpha value is -3.01. The first kappa shape index (κ1) is 18.8. The number of hydrogen-bond donors (Lipinski definition) is 3. The molecule has 7 nitrogen and oxygen atoms in total. The van der Waals surface area contributed by atoms with E-state index in [1.54, 1.807) is 36.4 Å². The molecule has 0 aliphatic rings. The van der Waals surface area contributed by atoms with Gasteiger partial charge in [0.2, 0.25) is 5.91 Å². The zero-order valence-electron chi connectivity index (χ0n) is 14.0. The fraction of sp³-hybridized carbons (Fsp3) is 0.0526. The number of nitrogens with one attached hydrogen (secondary N) is 2. The van der Waals surface area contributed by atoms with Crippen LogP contribution in [0.4, 0.5) is 5.69 Å². The van der Waals surface area contributed by atoms with E-state index in [1.807, 2.05) is 12.1 Å². The molecular weight excluding hydrogens is 459 g/mol. The molecule has 1 heterocycles. The minimum atomic E-state index is -0.386. The number of benzene rings is 2. The van der Waals surface area contributed by atoms with Crippen LogP contribution in [0, 0.1) is 3.57 Å². The number of amides is 2. The van der Waals surface area contributed by atoms with Crippen molar-refractivity contribution in [3.8, 4) is 17.1 Å². The molecule has 0 unspecified atom stereocenters. The number of phenolic OH excluding ortho intramolecular Hbond substituents is 1. The standard InChI is InChI=1S/C19H15IN4O3/c20-16-7-2-1-6-15(16)19(27)23-11-17(26)24-13-9-21-18(22-10-13)12-4-3-5-14(25)8-12/h1-10,25H,11H2,(H,23,27)(H,24,26). The molecule has 3 N–H and O–H groups in total. The van der Waals surface area contributed by atoms with Crippen molar-refractivity contribution in [1.29, 1.82) is 0 Å². The van der Waals surface area contributed by atoms with Crippen LogP contribution < -0.4 is 10.6 Å². The summed E-state index contributed by atoms with van der Waals surface area (Å²) in [6.07, 6.45) is 2.93. The van der Waals surface area contributed by atoms with Gasteiger partial charge in [-0.2, -0.15) is 0 Å². The van der Waals surface area contributed by atoms with Crippen LogP contribution >= 0.6 is 22.6 Å². The number of carbonyl (C=O) groups is 2. The van der Waals surface area contributed by atoms with Crippen LogP contribution in [-0.2, 0) is 4.79 Å². The Labute approximate surface area is 169 Å². The van der Waals surface area contributed by atoms with Gasteiger partial charge >= 0.3 is 0 Å². The second-order valence-electron chi connectivity index (χ2n) is 5.56. The van der Waals surface area contributed by atoms with Gasteiger partial charge in [0.05, 0.1) is 30.2 Å². The Balaban J connectivity index is 1.56. The number of phenols is 1. The van der Waals surface area contributed by atoms with Crippen molar-refractivity contribution in [2.45, 2.75) is 0 Å². The average molecular weight is 474 g/mol. The van der Waals surface area contributed by atoms with Crippen LogP contribution in [0.5, 0.6) is 5.75 Å². The van der Waals surface area contributed by atoms with Crippen LogP contribution in [0.25, 0.3) is 11.4 Å². The molecule has 3 rings (SSSR count). The van der Waals surface area contributed by atoms with E-state index in [2.05, 4.69) is 43.2 Å². The molecule has 0 saturated heterocycles. The lowest BCUT2D eigenvalue weighted by molar-refractivity contribution is -0.115. The summed E-state index contributed by atoms with van der Waals surface area (Å²) in [5, 5.41) is 14.7. The quantitative estimate of drug-likeness (QED) is 0.494. The second kappa shape index (κ2) is 8.58. The minimum absolute atomic E-state index is 0.122. The Kier molecular flexibility index (Phi) is 5.97. The molecular formula is C19H15IN4O3. The highest BCUT2D eigenvalue weighted by molar-refractivity contribution is 14.1. The van der Waals surface area contributed by atoms with Gasteiger partial charge in [0, 0.05) is 9.13 Å². The predicted molar refractivity (Wildman–Crippen MR) is 109 cm³/mol. The molecule has 136 valence electrons. The van der Waals surface area contributed by atoms with Gasteiger partial charge in [-0.15, -0.1) is 0 Å². The maximum Gasteiger partial charge on any atom is 0.252 e. The summed E-state index contributed by atoms with van der Waals surface area (Å²) >= 11 is 2.07. The summed E-state index contributed by atoms with van der Waals surface area (Å²) in [5.41, 5.74) is 1.59. The average Bonchev–Trinajstić information content (AvgIpc) is 2.67. The van der Waals surface area contributed by atoms with Crippen LogP contribution in [-0.4, -0.2) is 33.4 Å². The molecule has 3 aromatic rings. The van der Waals surface area contributed by atoms with E-state index in [4.69, 9.17) is 0 Å². The fourth-order valence-corrected chi connectivity index (χ4v) is 2.93. The highest BCUT2D eigenvalue weighted by Crippen LogP contribution is 2.20. The summed E-state index contributed by atoms with van der Waals surface area (Å²) in [5.74, 6) is -0.151. The number of aromatic nitrogens is 2. The Morgan fingerprint density at radius 2 is 1.78 bits per heavy atom. The summed E-state index contributed by atoms with van der Waals surface area (Å²) in [6.45, 7) is -0.169. The topological polar surface area (TPSA) is 104 Å². The van der Waals surface area contributed by atoms with Crippen LogP contribution in [0.15, 0.2) is 60.9 Å². The van der Waals surface area contributed by atoms with E-state index >= 15 is 0 Å². The molecule has 2 aromatic carbocycles. The molecule has 0 spiro atoms. The van der Waals surface area contributed by atoms with Crippen molar-refractivity contribution < 1.29 is 14.7 Å². The van der Waals surface area contributed by atoms with E-state index in [0.717, 1.165) is 3.57 Å². The van der Waals surface area contributed by atoms with Crippen molar-refractivity contribution in [1.82, 2.24) is 15.3 Å². The number of rotatable bonds is 5. The van der Waals surface area contributed by atoms with E-state index in [-0.39, 0.29) is 24.1 Å². The normalized spacial score (nSPS) is 10.3. The van der Waals surface area contributed by atoms with Gasteiger partial charge in [-0.25, -0.2) is 9.97 Å². The lowest BCUT2D eigenvalue weighted by atomic mass is 10.2.